The summed E-state index contributed by atoms with van der Waals surface area (Å²) in [7, 11) is 1.76. The van der Waals surface area contributed by atoms with E-state index in [1.807, 2.05) is 0 Å². The molecule has 3 nitrogen and oxygen atoms in total. The maximum atomic E-state index is 5.43. The van der Waals surface area contributed by atoms with E-state index in [0.29, 0.717) is 6.04 Å². The normalized spacial score (nSPS) is 30.9. The Hall–Kier alpha value is -1.48. The number of hydrogen-bond donors (Lipinski definition) is 1. The number of benzene rings is 1. The van der Waals surface area contributed by atoms with Gasteiger partial charge < -0.3 is 9.72 Å². The molecule has 0 spiro atoms. The highest BCUT2D eigenvalue weighted by atomic mass is 16.5. The summed E-state index contributed by atoms with van der Waals surface area (Å²) in [6.45, 7) is 2.56. The molecule has 116 valence electrons. The predicted molar refractivity (Wildman–Crippen MR) is 88.3 cm³/mol. The number of aromatic nitrogens is 1. The molecule has 3 heteroatoms. The van der Waals surface area contributed by atoms with Gasteiger partial charge in [-0.05, 0) is 54.9 Å². The Kier molecular flexibility index (Phi) is 2.81. The highest BCUT2D eigenvalue weighted by Gasteiger charge is 2.46. The third-order valence-electron chi connectivity index (χ3n) is 6.33. The van der Waals surface area contributed by atoms with Crippen LogP contribution in [0, 0.1) is 11.8 Å². The Morgan fingerprint density at radius 3 is 3.05 bits per heavy atom. The van der Waals surface area contributed by atoms with Crippen LogP contribution in [0.5, 0.6) is 5.75 Å². The summed E-state index contributed by atoms with van der Waals surface area (Å²) < 4.78 is 5.43. The van der Waals surface area contributed by atoms with Gasteiger partial charge in [0.25, 0.3) is 0 Å². The largest absolute Gasteiger partial charge is 0.497 e. The fraction of sp³-hybridized carbons (Fsp3) is 0.579. The van der Waals surface area contributed by atoms with Crippen LogP contribution in [-0.4, -0.2) is 30.1 Å². The Morgan fingerprint density at radius 2 is 2.14 bits per heavy atom. The van der Waals surface area contributed by atoms with Crippen LogP contribution in [0.3, 0.4) is 0 Å². The van der Waals surface area contributed by atoms with Crippen LogP contribution in [0.1, 0.15) is 43.0 Å². The molecule has 1 saturated heterocycles. The zero-order valence-electron chi connectivity index (χ0n) is 13.3. The third-order valence-corrected chi connectivity index (χ3v) is 6.33. The molecular weight excluding hydrogens is 272 g/mol. The van der Waals surface area contributed by atoms with E-state index in [1.54, 1.807) is 12.7 Å². The van der Waals surface area contributed by atoms with Crippen LogP contribution in [0.4, 0.5) is 0 Å². The molecule has 3 heterocycles. The molecule has 1 aromatic carbocycles. The average molecular weight is 296 g/mol. The molecule has 1 N–H and O–H groups in total. The van der Waals surface area contributed by atoms with Gasteiger partial charge in [-0.15, -0.1) is 0 Å². The molecule has 0 radical (unpaired) electrons. The number of aromatic amines is 1. The second kappa shape index (κ2) is 4.76. The first-order valence-corrected chi connectivity index (χ1v) is 8.77. The highest BCUT2D eigenvalue weighted by Crippen LogP contribution is 2.51. The van der Waals surface area contributed by atoms with Crippen molar-refractivity contribution in [3.05, 3.63) is 29.5 Å². The van der Waals surface area contributed by atoms with Crippen molar-refractivity contribution in [2.75, 3.05) is 20.2 Å². The number of nitrogens with zero attached hydrogens (tertiary/aromatic N) is 1. The summed E-state index contributed by atoms with van der Waals surface area (Å²) >= 11 is 0. The van der Waals surface area contributed by atoms with E-state index in [9.17, 15) is 0 Å². The molecule has 1 aliphatic carbocycles. The molecule has 22 heavy (non-hydrogen) atoms. The van der Waals surface area contributed by atoms with Gasteiger partial charge in [-0.25, -0.2) is 0 Å². The van der Waals surface area contributed by atoms with Gasteiger partial charge in [-0.1, -0.05) is 12.8 Å². The Balaban J connectivity index is 1.64. The Morgan fingerprint density at radius 1 is 1.23 bits per heavy atom. The smallest absolute Gasteiger partial charge is 0.119 e. The lowest BCUT2D eigenvalue weighted by atomic mass is 9.77. The number of nitrogens with one attached hydrogen (secondary N) is 1. The lowest BCUT2D eigenvalue weighted by Gasteiger charge is -2.34. The van der Waals surface area contributed by atoms with Crippen LogP contribution in [0.25, 0.3) is 10.9 Å². The number of H-pyrrole nitrogens is 1. The molecular formula is C19H24N2O. The molecule has 2 fully saturated rings. The van der Waals surface area contributed by atoms with E-state index in [2.05, 4.69) is 28.1 Å². The molecule has 5 rings (SSSR count). The maximum absolute atomic E-state index is 5.43. The van der Waals surface area contributed by atoms with Gasteiger partial charge >= 0.3 is 0 Å². The maximum Gasteiger partial charge on any atom is 0.119 e. The number of methoxy groups -OCH3 is 1. The predicted octanol–water partition coefficient (Wildman–Crippen LogP) is 3.90. The van der Waals surface area contributed by atoms with Crippen molar-refractivity contribution in [2.45, 2.75) is 38.1 Å². The topological polar surface area (TPSA) is 28.3 Å². The standard InChI is InChI=1S/C19H24N2O/c1-22-13-6-7-17-16(10-13)15-8-9-21-11-12-4-2-3-5-14(12)19(21)18(15)20-17/h6-7,10,12,14,19-20H,2-5,8-9,11H2,1H3/t12-,14-,19-/m1/s1. The van der Waals surface area contributed by atoms with Gasteiger partial charge in [0.05, 0.1) is 13.2 Å². The summed E-state index contributed by atoms with van der Waals surface area (Å²) in [5, 5.41) is 1.38. The van der Waals surface area contributed by atoms with Crippen LogP contribution in [0.15, 0.2) is 18.2 Å². The van der Waals surface area contributed by atoms with Crippen molar-refractivity contribution in [3.63, 3.8) is 0 Å². The van der Waals surface area contributed by atoms with Crippen molar-refractivity contribution >= 4 is 10.9 Å². The van der Waals surface area contributed by atoms with Crippen LogP contribution in [-0.2, 0) is 6.42 Å². The molecule has 1 saturated carbocycles. The number of rotatable bonds is 1. The quantitative estimate of drug-likeness (QED) is 0.864. The first-order valence-electron chi connectivity index (χ1n) is 8.77. The summed E-state index contributed by atoms with van der Waals surface area (Å²) in [6.07, 6.45) is 6.91. The molecule has 3 aliphatic rings. The Labute approximate surface area is 131 Å². The second-order valence-electron chi connectivity index (χ2n) is 7.33. The van der Waals surface area contributed by atoms with E-state index < -0.39 is 0 Å². The zero-order chi connectivity index (χ0) is 14.7. The number of ether oxygens (including phenoxy) is 1. The molecule has 2 aromatic rings. The first kappa shape index (κ1) is 13.0. The van der Waals surface area contributed by atoms with Gasteiger partial charge in [0, 0.05) is 29.7 Å². The van der Waals surface area contributed by atoms with Gasteiger partial charge in [0.2, 0.25) is 0 Å². The Bertz CT molecular complexity index is 720. The van der Waals surface area contributed by atoms with E-state index in [4.69, 9.17) is 4.74 Å². The molecule has 0 unspecified atom stereocenters. The third kappa shape index (κ3) is 1.72. The fourth-order valence-corrected chi connectivity index (χ4v) is 5.34. The zero-order valence-corrected chi connectivity index (χ0v) is 13.3. The molecule has 0 amide bonds. The lowest BCUT2D eigenvalue weighted by Crippen LogP contribution is -2.32. The highest BCUT2D eigenvalue weighted by molar-refractivity contribution is 5.86. The van der Waals surface area contributed by atoms with Gasteiger partial charge in [-0.2, -0.15) is 0 Å². The van der Waals surface area contributed by atoms with Gasteiger partial charge in [0.1, 0.15) is 5.75 Å². The number of fused-ring (bicyclic) bond motifs is 7. The summed E-state index contributed by atoms with van der Waals surface area (Å²) in [5.74, 6) is 2.78. The summed E-state index contributed by atoms with van der Waals surface area (Å²) in [6, 6.07) is 7.12. The van der Waals surface area contributed by atoms with E-state index in [0.717, 1.165) is 17.6 Å². The van der Waals surface area contributed by atoms with Crippen molar-refractivity contribution in [2.24, 2.45) is 11.8 Å². The van der Waals surface area contributed by atoms with E-state index in [-0.39, 0.29) is 0 Å². The molecule has 3 atom stereocenters. The molecule has 0 bridgehead atoms. The van der Waals surface area contributed by atoms with Crippen molar-refractivity contribution in [1.29, 1.82) is 0 Å². The number of hydrogen-bond acceptors (Lipinski definition) is 2. The lowest BCUT2D eigenvalue weighted by molar-refractivity contribution is 0.198. The van der Waals surface area contributed by atoms with Crippen molar-refractivity contribution in [3.8, 4) is 5.75 Å². The van der Waals surface area contributed by atoms with Crippen LogP contribution >= 0.6 is 0 Å². The van der Waals surface area contributed by atoms with Crippen LogP contribution in [0.2, 0.25) is 0 Å². The summed E-state index contributed by atoms with van der Waals surface area (Å²) in [5.41, 5.74) is 4.36. The minimum absolute atomic E-state index is 0.646. The molecule has 1 aromatic heterocycles. The fourth-order valence-electron chi connectivity index (χ4n) is 5.34. The second-order valence-corrected chi connectivity index (χ2v) is 7.33. The SMILES string of the molecule is COc1ccc2[nH]c3c(c2c1)CCN1C[C@H]2CCCC[C@H]2[C@H]31. The van der Waals surface area contributed by atoms with Gasteiger partial charge in [-0.3, -0.25) is 4.90 Å². The van der Waals surface area contributed by atoms with E-state index in [1.165, 1.54) is 61.8 Å². The molecule has 2 aliphatic heterocycles. The first-order chi connectivity index (χ1) is 10.8. The van der Waals surface area contributed by atoms with Crippen molar-refractivity contribution < 1.29 is 4.74 Å². The summed E-state index contributed by atoms with van der Waals surface area (Å²) in [4.78, 5) is 6.53. The monoisotopic (exact) mass is 296 g/mol. The minimum Gasteiger partial charge on any atom is -0.497 e. The van der Waals surface area contributed by atoms with Gasteiger partial charge in [0.15, 0.2) is 0 Å². The van der Waals surface area contributed by atoms with Crippen LogP contribution < -0.4 is 4.74 Å². The average Bonchev–Trinajstić information content (AvgIpc) is 3.11. The van der Waals surface area contributed by atoms with Crippen molar-refractivity contribution in [1.82, 2.24) is 9.88 Å². The minimum atomic E-state index is 0.646. The van der Waals surface area contributed by atoms with E-state index >= 15 is 0 Å².